The highest BCUT2D eigenvalue weighted by molar-refractivity contribution is 5.77. The average Bonchev–Trinajstić information content (AvgIpc) is 2.27. The molecule has 0 aromatic carbocycles. The van der Waals surface area contributed by atoms with E-state index in [1.165, 1.54) is 0 Å². The second-order valence-corrected chi connectivity index (χ2v) is 3.94. The Kier molecular flexibility index (Phi) is 5.42. The number of hydrogen-bond donors (Lipinski definition) is 2. The number of carbonyl (C=O) groups is 1. The average molecular weight is 237 g/mol. The largest absolute Gasteiger partial charge is 0.475 e. The third kappa shape index (κ3) is 4.82. The molecule has 1 heterocycles. The molecule has 1 rings (SSSR count). The van der Waals surface area contributed by atoms with E-state index in [4.69, 9.17) is 4.74 Å². The maximum atomic E-state index is 11.3. The second kappa shape index (κ2) is 6.85. The van der Waals surface area contributed by atoms with E-state index >= 15 is 0 Å². The van der Waals surface area contributed by atoms with Crippen LogP contribution in [-0.4, -0.2) is 30.6 Å². The van der Waals surface area contributed by atoms with Gasteiger partial charge in [0, 0.05) is 18.3 Å². The first kappa shape index (κ1) is 13.4. The number of aromatic nitrogens is 1. The molecule has 0 saturated heterocycles. The van der Waals surface area contributed by atoms with Gasteiger partial charge in [0.05, 0.1) is 12.6 Å². The zero-order valence-electron chi connectivity index (χ0n) is 10.5. The van der Waals surface area contributed by atoms with Gasteiger partial charge in [0.15, 0.2) is 0 Å². The van der Waals surface area contributed by atoms with E-state index in [0.717, 1.165) is 5.56 Å². The molecular weight excluding hydrogens is 218 g/mol. The fourth-order valence-electron chi connectivity index (χ4n) is 1.30. The predicted octanol–water partition coefficient (Wildman–Crippen LogP) is 0.704. The number of nitrogens with zero attached hydrogens (tertiary/aromatic N) is 1. The third-order valence-corrected chi connectivity index (χ3v) is 2.01. The number of amides is 1. The first-order valence-electron chi connectivity index (χ1n) is 5.65. The van der Waals surface area contributed by atoms with Gasteiger partial charge in [0.25, 0.3) is 0 Å². The number of carbonyl (C=O) groups excluding carboxylic acids is 1. The van der Waals surface area contributed by atoms with E-state index in [0.29, 0.717) is 19.0 Å². The van der Waals surface area contributed by atoms with Crippen molar-refractivity contribution in [2.75, 3.05) is 13.6 Å². The number of rotatable bonds is 6. The van der Waals surface area contributed by atoms with Gasteiger partial charge in [-0.05, 0) is 27.0 Å². The van der Waals surface area contributed by atoms with Crippen molar-refractivity contribution in [3.63, 3.8) is 0 Å². The van der Waals surface area contributed by atoms with Gasteiger partial charge in [-0.25, -0.2) is 4.98 Å². The van der Waals surface area contributed by atoms with Crippen LogP contribution in [0.1, 0.15) is 19.4 Å². The van der Waals surface area contributed by atoms with Crippen LogP contribution in [0.2, 0.25) is 0 Å². The number of nitrogens with one attached hydrogen (secondary N) is 2. The second-order valence-electron chi connectivity index (χ2n) is 3.94. The van der Waals surface area contributed by atoms with Crippen molar-refractivity contribution in [1.82, 2.24) is 15.6 Å². The van der Waals surface area contributed by atoms with Crippen molar-refractivity contribution in [3.8, 4) is 5.88 Å². The number of ether oxygens (including phenoxy) is 1. The molecule has 0 radical (unpaired) electrons. The van der Waals surface area contributed by atoms with Gasteiger partial charge in [-0.2, -0.15) is 0 Å². The zero-order valence-corrected chi connectivity index (χ0v) is 10.5. The van der Waals surface area contributed by atoms with Crippen molar-refractivity contribution < 1.29 is 9.53 Å². The smallest absolute Gasteiger partial charge is 0.234 e. The predicted molar refractivity (Wildman–Crippen MR) is 65.8 cm³/mol. The maximum absolute atomic E-state index is 11.3. The Hall–Kier alpha value is -1.62. The van der Waals surface area contributed by atoms with Crippen molar-refractivity contribution in [2.45, 2.75) is 26.5 Å². The van der Waals surface area contributed by atoms with Crippen LogP contribution < -0.4 is 15.4 Å². The van der Waals surface area contributed by atoms with Gasteiger partial charge < -0.3 is 15.4 Å². The van der Waals surface area contributed by atoms with Gasteiger partial charge in [-0.15, -0.1) is 0 Å². The molecule has 94 valence electrons. The molecule has 1 amide bonds. The Balaban J connectivity index is 2.60. The Bertz CT molecular complexity index is 367. The lowest BCUT2D eigenvalue weighted by Gasteiger charge is -2.13. The fraction of sp³-hybridized carbons (Fsp3) is 0.500. The maximum Gasteiger partial charge on any atom is 0.234 e. The third-order valence-electron chi connectivity index (χ3n) is 2.01. The first-order valence-corrected chi connectivity index (χ1v) is 5.65. The van der Waals surface area contributed by atoms with Crippen molar-refractivity contribution in [1.29, 1.82) is 0 Å². The lowest BCUT2D eigenvalue weighted by Crippen LogP contribution is -2.31. The SMILES string of the molecule is CNCC(=O)NCc1cccnc1OC(C)C. The van der Waals surface area contributed by atoms with Crippen LogP contribution in [0, 0.1) is 0 Å². The van der Waals surface area contributed by atoms with Crippen LogP contribution in [-0.2, 0) is 11.3 Å². The minimum absolute atomic E-state index is 0.0492. The molecule has 0 aliphatic rings. The summed E-state index contributed by atoms with van der Waals surface area (Å²) in [4.78, 5) is 15.5. The van der Waals surface area contributed by atoms with E-state index in [2.05, 4.69) is 15.6 Å². The molecule has 2 N–H and O–H groups in total. The van der Waals surface area contributed by atoms with E-state index in [-0.39, 0.29) is 12.0 Å². The molecule has 17 heavy (non-hydrogen) atoms. The Labute approximate surface area is 102 Å². The summed E-state index contributed by atoms with van der Waals surface area (Å²) in [5, 5.41) is 5.58. The summed E-state index contributed by atoms with van der Waals surface area (Å²) in [7, 11) is 1.73. The molecule has 0 unspecified atom stereocenters. The molecular formula is C12H19N3O2. The summed E-state index contributed by atoms with van der Waals surface area (Å²) >= 11 is 0. The number of pyridine rings is 1. The van der Waals surface area contributed by atoms with E-state index in [9.17, 15) is 4.79 Å². The lowest BCUT2D eigenvalue weighted by molar-refractivity contribution is -0.120. The monoisotopic (exact) mass is 237 g/mol. The summed E-state index contributed by atoms with van der Waals surface area (Å²) in [5.74, 6) is 0.527. The van der Waals surface area contributed by atoms with Crippen LogP contribution in [0.4, 0.5) is 0 Å². The summed E-state index contributed by atoms with van der Waals surface area (Å²) in [6.45, 7) is 4.62. The number of hydrogen-bond acceptors (Lipinski definition) is 4. The molecule has 1 aromatic heterocycles. The van der Waals surface area contributed by atoms with Gasteiger partial charge >= 0.3 is 0 Å². The van der Waals surface area contributed by atoms with Crippen molar-refractivity contribution in [3.05, 3.63) is 23.9 Å². The van der Waals surface area contributed by atoms with Crippen LogP contribution >= 0.6 is 0 Å². The summed E-state index contributed by atoms with van der Waals surface area (Å²) in [5.41, 5.74) is 0.880. The standard InChI is InChI=1S/C12H19N3O2/c1-9(2)17-12-10(5-4-6-14-12)7-15-11(16)8-13-3/h4-6,9,13H,7-8H2,1-3H3,(H,15,16). The fourth-order valence-corrected chi connectivity index (χ4v) is 1.30. The zero-order chi connectivity index (χ0) is 12.7. The summed E-state index contributed by atoms with van der Waals surface area (Å²) in [6, 6.07) is 3.72. The topological polar surface area (TPSA) is 63.2 Å². The quantitative estimate of drug-likeness (QED) is 0.764. The van der Waals surface area contributed by atoms with Crippen molar-refractivity contribution in [2.24, 2.45) is 0 Å². The minimum Gasteiger partial charge on any atom is -0.475 e. The van der Waals surface area contributed by atoms with Crippen molar-refractivity contribution >= 4 is 5.91 Å². The summed E-state index contributed by atoms with van der Waals surface area (Å²) in [6.07, 6.45) is 1.74. The highest BCUT2D eigenvalue weighted by atomic mass is 16.5. The van der Waals surface area contributed by atoms with Crippen LogP contribution in [0.5, 0.6) is 5.88 Å². The molecule has 0 aliphatic carbocycles. The van der Waals surface area contributed by atoms with Crippen LogP contribution in [0.15, 0.2) is 18.3 Å². The molecule has 1 aromatic rings. The Morgan fingerprint density at radius 3 is 2.94 bits per heavy atom. The first-order chi connectivity index (χ1) is 8.13. The van der Waals surface area contributed by atoms with Gasteiger partial charge in [-0.1, -0.05) is 6.07 Å². The van der Waals surface area contributed by atoms with Gasteiger partial charge in [0.1, 0.15) is 0 Å². The minimum atomic E-state index is -0.0492. The molecule has 5 nitrogen and oxygen atoms in total. The highest BCUT2D eigenvalue weighted by Gasteiger charge is 2.07. The molecule has 0 aliphatic heterocycles. The van der Waals surface area contributed by atoms with Gasteiger partial charge in [-0.3, -0.25) is 4.79 Å². The highest BCUT2D eigenvalue weighted by Crippen LogP contribution is 2.15. The molecule has 0 bridgehead atoms. The lowest BCUT2D eigenvalue weighted by atomic mass is 10.2. The Morgan fingerprint density at radius 1 is 1.53 bits per heavy atom. The van der Waals surface area contributed by atoms with Crippen LogP contribution in [0.3, 0.4) is 0 Å². The van der Waals surface area contributed by atoms with Gasteiger partial charge in [0.2, 0.25) is 11.8 Å². The Morgan fingerprint density at radius 2 is 2.29 bits per heavy atom. The molecule has 0 spiro atoms. The van der Waals surface area contributed by atoms with E-state index in [1.807, 2.05) is 26.0 Å². The van der Waals surface area contributed by atoms with E-state index < -0.39 is 0 Å². The molecule has 5 heteroatoms. The molecule has 0 saturated carbocycles. The van der Waals surface area contributed by atoms with E-state index in [1.54, 1.807) is 13.2 Å². The summed E-state index contributed by atoms with van der Waals surface area (Å²) < 4.78 is 5.56. The normalized spacial score (nSPS) is 10.4. The molecule has 0 fully saturated rings. The number of likely N-dealkylation sites (N-methyl/N-ethyl adjacent to an activating group) is 1. The van der Waals surface area contributed by atoms with Crippen LogP contribution in [0.25, 0.3) is 0 Å². The molecule has 0 atom stereocenters.